The number of alkyl halides is 1. The summed E-state index contributed by atoms with van der Waals surface area (Å²) in [5.74, 6) is -3.93. The Morgan fingerprint density at radius 3 is 2.74 bits per heavy atom. The minimum atomic E-state index is -1.35. The smallest absolute Gasteiger partial charge is 0.352 e. The van der Waals surface area contributed by atoms with E-state index in [1.165, 1.54) is 31.2 Å². The highest BCUT2D eigenvalue weighted by Gasteiger charge is 2.54. The van der Waals surface area contributed by atoms with E-state index >= 15 is 0 Å². The van der Waals surface area contributed by atoms with Gasteiger partial charge in [-0.05, 0) is 0 Å². The van der Waals surface area contributed by atoms with Gasteiger partial charge in [0.15, 0.2) is 10.8 Å². The van der Waals surface area contributed by atoms with E-state index in [0.29, 0.717) is 0 Å². The number of thiazole rings is 1. The Balaban J connectivity index is 1.75. The molecular weight excluding hydrogens is 514 g/mol. The molecule has 1 saturated heterocycles. The summed E-state index contributed by atoms with van der Waals surface area (Å²) in [5, 5.41) is 19.2. The Morgan fingerprint density at radius 2 is 2.12 bits per heavy atom. The SMILES string of the molecule is CO/N=C(\C(=O)N[C@@H]1C(=O)N2C(C(=O)O)=C(COC(C)=O)CS[C@H]12)c1csc(NC(=O)CCl)n1. The zero-order chi connectivity index (χ0) is 25.0. The maximum Gasteiger partial charge on any atom is 0.352 e. The predicted molar refractivity (Wildman–Crippen MR) is 121 cm³/mol. The summed E-state index contributed by atoms with van der Waals surface area (Å²) in [6.45, 7) is 0.935. The van der Waals surface area contributed by atoms with Gasteiger partial charge in [0.2, 0.25) is 5.91 Å². The van der Waals surface area contributed by atoms with Crippen molar-refractivity contribution in [2.24, 2.45) is 5.16 Å². The first kappa shape index (κ1) is 25.5. The van der Waals surface area contributed by atoms with Crippen molar-refractivity contribution in [3.63, 3.8) is 0 Å². The fraction of sp³-hybridized carbons (Fsp3) is 0.389. The number of carboxylic acids is 1. The Labute approximate surface area is 205 Å². The fourth-order valence-corrected chi connectivity index (χ4v) is 5.19. The number of hydrogen-bond acceptors (Lipinski definition) is 11. The summed E-state index contributed by atoms with van der Waals surface area (Å²) in [5.41, 5.74) is -0.158. The van der Waals surface area contributed by atoms with Crippen molar-refractivity contribution >= 4 is 75.2 Å². The molecule has 0 bridgehead atoms. The minimum absolute atomic E-state index is 0.0870. The molecule has 16 heteroatoms. The molecule has 0 unspecified atom stereocenters. The van der Waals surface area contributed by atoms with Gasteiger partial charge in [-0.15, -0.1) is 34.7 Å². The summed E-state index contributed by atoms with van der Waals surface area (Å²) in [6, 6.07) is -1.03. The molecule has 0 aromatic carbocycles. The second-order valence-electron chi connectivity index (χ2n) is 6.74. The van der Waals surface area contributed by atoms with Crippen molar-refractivity contribution in [3.8, 4) is 0 Å². The quantitative estimate of drug-likeness (QED) is 0.129. The van der Waals surface area contributed by atoms with Crippen LogP contribution in [0, 0.1) is 0 Å². The number of esters is 1. The molecule has 3 rings (SSSR count). The molecule has 3 N–H and O–H groups in total. The zero-order valence-electron chi connectivity index (χ0n) is 17.7. The topological polar surface area (TPSA) is 177 Å². The zero-order valence-corrected chi connectivity index (χ0v) is 20.1. The van der Waals surface area contributed by atoms with E-state index in [4.69, 9.17) is 21.2 Å². The van der Waals surface area contributed by atoms with E-state index < -0.39 is 41.1 Å². The van der Waals surface area contributed by atoms with E-state index in [-0.39, 0.29) is 46.0 Å². The van der Waals surface area contributed by atoms with Gasteiger partial charge < -0.3 is 25.3 Å². The van der Waals surface area contributed by atoms with Crippen molar-refractivity contribution in [2.75, 3.05) is 30.7 Å². The number of aliphatic carboxylic acids is 1. The number of halogens is 1. The second kappa shape index (κ2) is 10.8. The van der Waals surface area contributed by atoms with Crippen LogP contribution in [0.1, 0.15) is 12.6 Å². The van der Waals surface area contributed by atoms with Gasteiger partial charge in [0.05, 0.1) is 0 Å². The van der Waals surface area contributed by atoms with Gasteiger partial charge >= 0.3 is 11.9 Å². The molecule has 0 radical (unpaired) electrons. The molecule has 2 aliphatic heterocycles. The van der Waals surface area contributed by atoms with E-state index in [1.807, 2.05) is 0 Å². The van der Waals surface area contributed by atoms with Crippen molar-refractivity contribution < 1.29 is 38.7 Å². The Bertz CT molecular complexity index is 1100. The monoisotopic (exact) mass is 531 g/mol. The van der Waals surface area contributed by atoms with Crippen LogP contribution in [0.25, 0.3) is 0 Å². The minimum Gasteiger partial charge on any atom is -0.477 e. The van der Waals surface area contributed by atoms with Gasteiger partial charge in [-0.3, -0.25) is 24.1 Å². The molecule has 182 valence electrons. The van der Waals surface area contributed by atoms with Crippen LogP contribution in [-0.2, 0) is 33.5 Å². The van der Waals surface area contributed by atoms with Gasteiger partial charge in [-0.2, -0.15) is 0 Å². The molecule has 2 atom stereocenters. The van der Waals surface area contributed by atoms with Crippen molar-refractivity contribution in [2.45, 2.75) is 18.3 Å². The summed E-state index contributed by atoms with van der Waals surface area (Å²) in [4.78, 5) is 69.8. The lowest BCUT2D eigenvalue weighted by Crippen LogP contribution is -2.71. The third kappa shape index (κ3) is 5.31. The number of β-lactam (4-membered cyclic amide) rings is 1. The van der Waals surface area contributed by atoms with E-state index in [9.17, 15) is 29.1 Å². The number of amides is 3. The number of nitrogens with one attached hydrogen (secondary N) is 2. The van der Waals surface area contributed by atoms with Crippen LogP contribution >= 0.6 is 34.7 Å². The van der Waals surface area contributed by atoms with Crippen LogP contribution < -0.4 is 10.6 Å². The molecule has 0 aliphatic carbocycles. The van der Waals surface area contributed by atoms with Crippen molar-refractivity contribution in [3.05, 3.63) is 22.3 Å². The number of thioether (sulfide) groups is 1. The summed E-state index contributed by atoms with van der Waals surface area (Å²) >= 11 is 7.69. The van der Waals surface area contributed by atoms with Gasteiger partial charge in [0, 0.05) is 23.6 Å². The number of carbonyl (C=O) groups is 5. The lowest BCUT2D eigenvalue weighted by Gasteiger charge is -2.49. The number of aromatic nitrogens is 1. The first-order valence-corrected chi connectivity index (χ1v) is 11.9. The van der Waals surface area contributed by atoms with Crippen LogP contribution in [0.3, 0.4) is 0 Å². The molecule has 1 aromatic rings. The number of oxime groups is 1. The van der Waals surface area contributed by atoms with E-state index in [2.05, 4.69) is 20.8 Å². The number of fused-ring (bicyclic) bond motifs is 1. The number of carbonyl (C=O) groups excluding carboxylic acids is 4. The van der Waals surface area contributed by atoms with Crippen LogP contribution in [0.4, 0.5) is 5.13 Å². The predicted octanol–water partition coefficient (Wildman–Crippen LogP) is -0.0274. The first-order valence-electron chi connectivity index (χ1n) is 9.45. The van der Waals surface area contributed by atoms with E-state index in [1.54, 1.807) is 0 Å². The number of anilines is 1. The average Bonchev–Trinajstić information content (AvgIpc) is 3.26. The van der Waals surface area contributed by atoms with Crippen LogP contribution in [0.2, 0.25) is 0 Å². The molecule has 34 heavy (non-hydrogen) atoms. The highest BCUT2D eigenvalue weighted by molar-refractivity contribution is 8.00. The number of nitrogens with zero attached hydrogens (tertiary/aromatic N) is 3. The van der Waals surface area contributed by atoms with Gasteiger partial charge in [-0.1, -0.05) is 5.16 Å². The van der Waals surface area contributed by atoms with Crippen LogP contribution in [0.15, 0.2) is 21.8 Å². The molecule has 3 heterocycles. The lowest BCUT2D eigenvalue weighted by molar-refractivity contribution is -0.150. The first-order chi connectivity index (χ1) is 16.2. The molecule has 2 aliphatic rings. The normalized spacial score (nSPS) is 19.7. The third-order valence-corrected chi connectivity index (χ3v) is 6.84. The maximum absolute atomic E-state index is 12.9. The highest BCUT2D eigenvalue weighted by Crippen LogP contribution is 2.40. The number of hydrogen-bond donors (Lipinski definition) is 3. The fourth-order valence-electron chi connectivity index (χ4n) is 3.08. The highest BCUT2D eigenvalue weighted by atomic mass is 35.5. The number of carboxylic acid groups (broad SMARTS) is 1. The molecule has 1 fully saturated rings. The van der Waals surface area contributed by atoms with Crippen molar-refractivity contribution in [1.29, 1.82) is 0 Å². The Kier molecular flexibility index (Phi) is 8.11. The number of rotatable bonds is 9. The van der Waals surface area contributed by atoms with Gasteiger partial charge in [0.1, 0.15) is 42.4 Å². The largest absolute Gasteiger partial charge is 0.477 e. The van der Waals surface area contributed by atoms with Crippen LogP contribution in [-0.4, -0.2) is 87.1 Å². The van der Waals surface area contributed by atoms with Gasteiger partial charge in [-0.25, -0.2) is 9.78 Å². The molecular formula is C18H18ClN5O8S2. The standard InChI is InChI=1S/C18H18ClN5O8S2/c1-7(25)32-4-8-5-33-16-12(15(28)24(16)13(8)17(29)30)22-14(27)11(23-31-2)9-6-34-18(20-9)21-10(26)3-19/h6,12,16H,3-5H2,1-2H3,(H,22,27)(H,29,30)(H,20,21,26)/b23-11-/t12-,16-/m1/s1. The number of ether oxygens (including phenoxy) is 1. The molecule has 3 amide bonds. The second-order valence-corrected chi connectivity index (χ2v) is 8.97. The maximum atomic E-state index is 12.9. The van der Waals surface area contributed by atoms with E-state index in [0.717, 1.165) is 16.2 Å². The average molecular weight is 532 g/mol. The molecule has 0 spiro atoms. The Hall–Kier alpha value is -3.17. The lowest BCUT2D eigenvalue weighted by atomic mass is 10.0. The summed E-state index contributed by atoms with van der Waals surface area (Å²) in [6.07, 6.45) is 0. The Morgan fingerprint density at radius 1 is 1.38 bits per heavy atom. The van der Waals surface area contributed by atoms with Crippen LogP contribution in [0.5, 0.6) is 0 Å². The summed E-state index contributed by atoms with van der Waals surface area (Å²) in [7, 11) is 1.22. The summed E-state index contributed by atoms with van der Waals surface area (Å²) < 4.78 is 4.89. The molecule has 13 nitrogen and oxygen atoms in total. The van der Waals surface area contributed by atoms with Crippen molar-refractivity contribution in [1.82, 2.24) is 15.2 Å². The third-order valence-electron chi connectivity index (χ3n) is 4.50. The molecule has 0 saturated carbocycles. The molecule has 1 aromatic heterocycles. The van der Waals surface area contributed by atoms with Gasteiger partial charge in [0.25, 0.3) is 11.8 Å².